The molecular formula is C19H18F3NO5. The number of halogens is 3. The highest BCUT2D eigenvalue weighted by Crippen LogP contribution is 2.24. The van der Waals surface area contributed by atoms with Gasteiger partial charge in [0, 0.05) is 6.42 Å². The van der Waals surface area contributed by atoms with E-state index in [2.05, 4.69) is 0 Å². The molecular weight excluding hydrogens is 379 g/mol. The molecule has 0 aliphatic carbocycles. The summed E-state index contributed by atoms with van der Waals surface area (Å²) in [6.07, 6.45) is -5.33. The third kappa shape index (κ3) is 6.19. The Morgan fingerprint density at radius 2 is 1.79 bits per heavy atom. The molecule has 6 nitrogen and oxygen atoms in total. The van der Waals surface area contributed by atoms with Crippen molar-refractivity contribution in [1.82, 2.24) is 5.32 Å². The van der Waals surface area contributed by atoms with Gasteiger partial charge in [0.1, 0.15) is 23.3 Å². The van der Waals surface area contributed by atoms with E-state index >= 15 is 0 Å². The molecule has 0 aromatic heterocycles. The van der Waals surface area contributed by atoms with Crippen molar-refractivity contribution in [3.63, 3.8) is 0 Å². The predicted molar refractivity (Wildman–Crippen MR) is 92.9 cm³/mol. The van der Waals surface area contributed by atoms with Crippen LogP contribution < -0.4 is 10.1 Å². The van der Waals surface area contributed by atoms with Crippen LogP contribution in [0.3, 0.4) is 0 Å². The molecule has 2 aromatic rings. The Morgan fingerprint density at radius 3 is 2.39 bits per heavy atom. The molecule has 0 bridgehead atoms. The number of phenolic OH excluding ortho intramolecular Hbond substituents is 1. The first kappa shape index (κ1) is 21.1. The lowest BCUT2D eigenvalue weighted by Gasteiger charge is -2.18. The Hall–Kier alpha value is -3.23. The van der Waals surface area contributed by atoms with Crippen LogP contribution in [0.1, 0.15) is 12.5 Å². The monoisotopic (exact) mass is 397 g/mol. The molecule has 1 amide bonds. The van der Waals surface area contributed by atoms with Gasteiger partial charge in [0.15, 0.2) is 0 Å². The lowest BCUT2D eigenvalue weighted by molar-refractivity contribution is -0.175. The SMILES string of the molecule is CCOC(=O)[C@H](Cc1cccc(Oc2ccc(O)cc2)c1)NC(=O)C(F)(F)F. The highest BCUT2D eigenvalue weighted by atomic mass is 19.4. The summed E-state index contributed by atoms with van der Waals surface area (Å²) in [5.74, 6) is -2.32. The summed E-state index contributed by atoms with van der Waals surface area (Å²) in [5, 5.41) is 10.9. The topological polar surface area (TPSA) is 84.9 Å². The van der Waals surface area contributed by atoms with E-state index in [1.807, 2.05) is 0 Å². The van der Waals surface area contributed by atoms with Gasteiger partial charge in [-0.05, 0) is 48.9 Å². The summed E-state index contributed by atoms with van der Waals surface area (Å²) in [4.78, 5) is 23.2. The normalized spacial score (nSPS) is 12.1. The second-order valence-corrected chi connectivity index (χ2v) is 5.72. The first-order chi connectivity index (χ1) is 13.2. The zero-order valence-corrected chi connectivity index (χ0v) is 14.8. The number of ether oxygens (including phenoxy) is 2. The third-order valence-electron chi connectivity index (χ3n) is 3.54. The number of esters is 1. The quantitative estimate of drug-likeness (QED) is 0.700. The maximum absolute atomic E-state index is 12.5. The van der Waals surface area contributed by atoms with Crippen molar-refractivity contribution in [3.8, 4) is 17.2 Å². The second kappa shape index (κ2) is 9.12. The van der Waals surface area contributed by atoms with Crippen LogP contribution in [0.4, 0.5) is 13.2 Å². The fraction of sp³-hybridized carbons (Fsp3) is 0.263. The summed E-state index contributed by atoms with van der Waals surface area (Å²) in [6, 6.07) is 10.8. The molecule has 2 aromatic carbocycles. The maximum Gasteiger partial charge on any atom is 0.471 e. The standard InChI is InChI=1S/C19H18F3NO5/c1-2-27-17(25)16(23-18(26)19(20,21)22)11-12-4-3-5-15(10-12)28-14-8-6-13(24)7-9-14/h3-10,16,24H,2,11H2,1H3,(H,23,26)/t16-/m0/s1. The van der Waals surface area contributed by atoms with E-state index in [0.717, 1.165) is 0 Å². The molecule has 150 valence electrons. The van der Waals surface area contributed by atoms with Crippen LogP contribution in [0.25, 0.3) is 0 Å². The molecule has 0 saturated heterocycles. The van der Waals surface area contributed by atoms with Gasteiger partial charge < -0.3 is 19.9 Å². The number of carbonyl (C=O) groups is 2. The molecule has 1 atom stereocenters. The van der Waals surface area contributed by atoms with Crippen molar-refractivity contribution in [2.45, 2.75) is 25.6 Å². The number of carbonyl (C=O) groups excluding carboxylic acids is 2. The highest BCUT2D eigenvalue weighted by Gasteiger charge is 2.41. The average molecular weight is 397 g/mol. The molecule has 0 heterocycles. The molecule has 2 rings (SSSR count). The summed E-state index contributed by atoms with van der Waals surface area (Å²) in [7, 11) is 0. The number of benzene rings is 2. The molecule has 0 saturated carbocycles. The summed E-state index contributed by atoms with van der Waals surface area (Å²) < 4.78 is 47.9. The summed E-state index contributed by atoms with van der Waals surface area (Å²) in [6.45, 7) is 1.47. The van der Waals surface area contributed by atoms with E-state index in [1.54, 1.807) is 23.5 Å². The second-order valence-electron chi connectivity index (χ2n) is 5.72. The Morgan fingerprint density at radius 1 is 1.11 bits per heavy atom. The van der Waals surface area contributed by atoms with E-state index in [9.17, 15) is 27.9 Å². The van der Waals surface area contributed by atoms with Gasteiger partial charge in [0.05, 0.1) is 6.61 Å². The molecule has 0 spiro atoms. The van der Waals surface area contributed by atoms with Crippen molar-refractivity contribution in [2.75, 3.05) is 6.61 Å². The van der Waals surface area contributed by atoms with Crippen LogP contribution in [-0.2, 0) is 20.7 Å². The minimum atomic E-state index is -5.12. The minimum absolute atomic E-state index is 0.0405. The van der Waals surface area contributed by atoms with Crippen molar-refractivity contribution in [1.29, 1.82) is 0 Å². The van der Waals surface area contributed by atoms with Gasteiger partial charge in [-0.1, -0.05) is 12.1 Å². The van der Waals surface area contributed by atoms with Crippen LogP contribution in [-0.4, -0.2) is 35.8 Å². The number of aromatic hydroxyl groups is 1. The maximum atomic E-state index is 12.5. The molecule has 0 radical (unpaired) electrons. The van der Waals surface area contributed by atoms with Crippen molar-refractivity contribution in [3.05, 3.63) is 54.1 Å². The summed E-state index contributed by atoms with van der Waals surface area (Å²) >= 11 is 0. The van der Waals surface area contributed by atoms with Gasteiger partial charge in [-0.25, -0.2) is 4.79 Å². The molecule has 0 fully saturated rings. The smallest absolute Gasteiger partial charge is 0.471 e. The van der Waals surface area contributed by atoms with Crippen molar-refractivity contribution < 1.29 is 37.3 Å². The molecule has 0 aliphatic heterocycles. The molecule has 0 unspecified atom stereocenters. The third-order valence-corrected chi connectivity index (χ3v) is 3.54. The van der Waals surface area contributed by atoms with Crippen LogP contribution in [0, 0.1) is 0 Å². The lowest BCUT2D eigenvalue weighted by atomic mass is 10.1. The largest absolute Gasteiger partial charge is 0.508 e. The number of amides is 1. The number of nitrogens with one attached hydrogen (secondary N) is 1. The summed E-state index contributed by atoms with van der Waals surface area (Å²) in [5.41, 5.74) is 0.455. The zero-order valence-electron chi connectivity index (χ0n) is 14.8. The van der Waals surface area contributed by atoms with E-state index < -0.39 is 24.1 Å². The minimum Gasteiger partial charge on any atom is -0.508 e. The van der Waals surface area contributed by atoms with Crippen LogP contribution in [0.2, 0.25) is 0 Å². The van der Waals surface area contributed by atoms with Crippen LogP contribution in [0.15, 0.2) is 48.5 Å². The number of hydrogen-bond acceptors (Lipinski definition) is 5. The van der Waals surface area contributed by atoms with Gasteiger partial charge in [0.25, 0.3) is 0 Å². The van der Waals surface area contributed by atoms with Crippen molar-refractivity contribution >= 4 is 11.9 Å². The van der Waals surface area contributed by atoms with E-state index in [1.165, 1.54) is 37.3 Å². The van der Waals surface area contributed by atoms with Crippen LogP contribution in [0.5, 0.6) is 17.2 Å². The van der Waals surface area contributed by atoms with Gasteiger partial charge >= 0.3 is 18.1 Å². The van der Waals surface area contributed by atoms with E-state index in [4.69, 9.17) is 9.47 Å². The number of hydrogen-bond donors (Lipinski definition) is 2. The van der Waals surface area contributed by atoms with Gasteiger partial charge in [-0.2, -0.15) is 13.2 Å². The zero-order chi connectivity index (χ0) is 20.7. The van der Waals surface area contributed by atoms with Gasteiger partial charge in [0.2, 0.25) is 0 Å². The van der Waals surface area contributed by atoms with Gasteiger partial charge in [-0.15, -0.1) is 0 Å². The fourth-order valence-electron chi connectivity index (χ4n) is 2.30. The average Bonchev–Trinajstić information content (AvgIpc) is 2.63. The Balaban J connectivity index is 2.15. The Labute approximate surface area is 158 Å². The highest BCUT2D eigenvalue weighted by molar-refractivity contribution is 5.87. The number of phenols is 1. The Bertz CT molecular complexity index is 821. The first-order valence-electron chi connectivity index (χ1n) is 8.29. The molecule has 9 heteroatoms. The van der Waals surface area contributed by atoms with E-state index in [-0.39, 0.29) is 18.8 Å². The number of alkyl halides is 3. The molecule has 2 N–H and O–H groups in total. The Kier molecular flexibility index (Phi) is 6.86. The predicted octanol–water partition coefficient (Wildman–Crippen LogP) is 3.34. The fourth-order valence-corrected chi connectivity index (χ4v) is 2.30. The molecule has 0 aliphatic rings. The van der Waals surface area contributed by atoms with Crippen LogP contribution >= 0.6 is 0 Å². The first-order valence-corrected chi connectivity index (χ1v) is 8.29. The van der Waals surface area contributed by atoms with Gasteiger partial charge in [-0.3, -0.25) is 4.79 Å². The van der Waals surface area contributed by atoms with Crippen molar-refractivity contribution in [2.24, 2.45) is 0 Å². The number of rotatable bonds is 7. The molecule has 28 heavy (non-hydrogen) atoms. The van der Waals surface area contributed by atoms with E-state index in [0.29, 0.717) is 17.1 Å². The lowest BCUT2D eigenvalue weighted by Crippen LogP contribution is -2.48.